The van der Waals surface area contributed by atoms with Gasteiger partial charge < -0.3 is 4.74 Å². The molecule has 140 valence electrons. The van der Waals surface area contributed by atoms with Crippen LogP contribution in [0.25, 0.3) is 22.2 Å². The SMILES string of the molecule is COc1cccc2c(C)nc(Nc3nc(-c4ccc(C)cc4)cc(=O)[nH]3)nc12. The number of aryl methyl sites for hydroxylation is 2. The number of nitrogens with zero attached hydrogens (tertiary/aromatic N) is 3. The van der Waals surface area contributed by atoms with E-state index in [-0.39, 0.29) is 11.5 Å². The largest absolute Gasteiger partial charge is 0.494 e. The average Bonchev–Trinajstić information content (AvgIpc) is 2.68. The number of anilines is 2. The summed E-state index contributed by atoms with van der Waals surface area (Å²) < 4.78 is 5.40. The van der Waals surface area contributed by atoms with Gasteiger partial charge in [0.1, 0.15) is 11.3 Å². The summed E-state index contributed by atoms with van der Waals surface area (Å²) in [5.41, 5.74) is 3.79. The highest BCUT2D eigenvalue weighted by atomic mass is 16.5. The molecule has 2 aromatic carbocycles. The van der Waals surface area contributed by atoms with Crippen LogP contribution in [-0.2, 0) is 0 Å². The lowest BCUT2D eigenvalue weighted by Gasteiger charge is -2.10. The first-order valence-electron chi connectivity index (χ1n) is 8.80. The zero-order valence-corrected chi connectivity index (χ0v) is 15.8. The summed E-state index contributed by atoms with van der Waals surface area (Å²) in [7, 11) is 1.60. The summed E-state index contributed by atoms with van der Waals surface area (Å²) in [4.78, 5) is 28.3. The molecule has 0 fully saturated rings. The number of para-hydroxylation sites is 1. The van der Waals surface area contributed by atoms with E-state index in [1.54, 1.807) is 7.11 Å². The molecule has 0 saturated carbocycles. The lowest BCUT2D eigenvalue weighted by molar-refractivity contribution is 0.419. The second kappa shape index (κ2) is 7.11. The molecule has 0 unspecified atom stereocenters. The molecular formula is C21H19N5O2. The first-order valence-corrected chi connectivity index (χ1v) is 8.80. The summed E-state index contributed by atoms with van der Waals surface area (Å²) in [5.74, 6) is 1.26. The molecule has 0 amide bonds. The van der Waals surface area contributed by atoms with Crippen LogP contribution in [0.2, 0.25) is 0 Å². The molecule has 4 aromatic rings. The third-order valence-electron chi connectivity index (χ3n) is 4.42. The molecule has 4 rings (SSSR count). The number of H-pyrrole nitrogens is 1. The number of hydrogen-bond donors (Lipinski definition) is 2. The molecule has 7 heteroatoms. The molecule has 0 saturated heterocycles. The molecule has 7 nitrogen and oxygen atoms in total. The van der Waals surface area contributed by atoms with Crippen LogP contribution in [0.1, 0.15) is 11.3 Å². The van der Waals surface area contributed by atoms with Crippen molar-refractivity contribution in [1.29, 1.82) is 0 Å². The molecule has 0 bridgehead atoms. The van der Waals surface area contributed by atoms with Crippen molar-refractivity contribution < 1.29 is 4.74 Å². The zero-order valence-electron chi connectivity index (χ0n) is 15.8. The fourth-order valence-corrected chi connectivity index (χ4v) is 3.00. The Labute approximate surface area is 161 Å². The number of aromatic nitrogens is 4. The maximum absolute atomic E-state index is 12.1. The van der Waals surface area contributed by atoms with E-state index in [9.17, 15) is 4.79 Å². The predicted molar refractivity (Wildman–Crippen MR) is 109 cm³/mol. The summed E-state index contributed by atoms with van der Waals surface area (Å²) in [5, 5.41) is 3.91. The summed E-state index contributed by atoms with van der Waals surface area (Å²) in [6.07, 6.45) is 0. The maximum Gasteiger partial charge on any atom is 0.252 e. The first kappa shape index (κ1) is 17.7. The van der Waals surface area contributed by atoms with Crippen molar-refractivity contribution >= 4 is 22.8 Å². The number of nitrogens with one attached hydrogen (secondary N) is 2. The van der Waals surface area contributed by atoms with Gasteiger partial charge in [-0.25, -0.2) is 15.0 Å². The fraction of sp³-hybridized carbons (Fsp3) is 0.143. The number of ether oxygens (including phenoxy) is 1. The third kappa shape index (κ3) is 3.42. The summed E-state index contributed by atoms with van der Waals surface area (Å²) in [6.45, 7) is 3.91. The van der Waals surface area contributed by atoms with Crippen LogP contribution in [0.4, 0.5) is 11.9 Å². The van der Waals surface area contributed by atoms with Gasteiger partial charge in [0.25, 0.3) is 5.56 Å². The standard InChI is InChI=1S/C21H19N5O2/c1-12-7-9-14(10-8-12)16-11-18(27)24-21(23-16)26-20-22-13(2)15-5-4-6-17(28-3)19(15)25-20/h4-11H,1-3H3,(H2,22,23,24,25,26,27). The van der Waals surface area contributed by atoms with E-state index in [1.165, 1.54) is 6.07 Å². The van der Waals surface area contributed by atoms with Gasteiger partial charge in [0.15, 0.2) is 0 Å². The van der Waals surface area contributed by atoms with Gasteiger partial charge in [0, 0.05) is 17.0 Å². The van der Waals surface area contributed by atoms with Crippen LogP contribution in [0.5, 0.6) is 5.75 Å². The zero-order chi connectivity index (χ0) is 19.7. The van der Waals surface area contributed by atoms with E-state index < -0.39 is 0 Å². The number of benzene rings is 2. The molecule has 0 atom stereocenters. The van der Waals surface area contributed by atoms with Crippen molar-refractivity contribution in [1.82, 2.24) is 19.9 Å². The molecule has 0 spiro atoms. The molecule has 28 heavy (non-hydrogen) atoms. The number of hydrogen-bond acceptors (Lipinski definition) is 6. The van der Waals surface area contributed by atoms with E-state index in [0.29, 0.717) is 22.9 Å². The Morgan fingerprint density at radius 1 is 1.00 bits per heavy atom. The van der Waals surface area contributed by atoms with Crippen molar-refractivity contribution in [3.8, 4) is 17.0 Å². The third-order valence-corrected chi connectivity index (χ3v) is 4.42. The normalized spacial score (nSPS) is 10.8. The van der Waals surface area contributed by atoms with Crippen LogP contribution < -0.4 is 15.6 Å². The van der Waals surface area contributed by atoms with E-state index in [0.717, 1.165) is 22.2 Å². The van der Waals surface area contributed by atoms with Gasteiger partial charge in [0.05, 0.1) is 18.5 Å². The second-order valence-corrected chi connectivity index (χ2v) is 6.46. The molecule has 0 aliphatic rings. The van der Waals surface area contributed by atoms with E-state index in [4.69, 9.17) is 4.74 Å². The van der Waals surface area contributed by atoms with Crippen LogP contribution in [0.15, 0.2) is 53.3 Å². The number of methoxy groups -OCH3 is 1. The van der Waals surface area contributed by atoms with Crippen LogP contribution in [0, 0.1) is 13.8 Å². The quantitative estimate of drug-likeness (QED) is 0.566. The van der Waals surface area contributed by atoms with Crippen LogP contribution in [-0.4, -0.2) is 27.0 Å². The van der Waals surface area contributed by atoms with Gasteiger partial charge in [0.2, 0.25) is 11.9 Å². The van der Waals surface area contributed by atoms with Gasteiger partial charge >= 0.3 is 0 Å². The number of aromatic amines is 1. The van der Waals surface area contributed by atoms with E-state index in [1.807, 2.05) is 56.3 Å². The topological polar surface area (TPSA) is 92.8 Å². The van der Waals surface area contributed by atoms with Crippen molar-refractivity contribution in [2.75, 3.05) is 12.4 Å². The first-order chi connectivity index (χ1) is 13.5. The molecular weight excluding hydrogens is 354 g/mol. The number of rotatable bonds is 4. The monoisotopic (exact) mass is 373 g/mol. The fourth-order valence-electron chi connectivity index (χ4n) is 3.00. The van der Waals surface area contributed by atoms with Crippen molar-refractivity contribution in [2.45, 2.75) is 13.8 Å². The molecule has 0 aliphatic carbocycles. The predicted octanol–water partition coefficient (Wildman–Crippen LogP) is 3.75. The van der Waals surface area contributed by atoms with E-state index in [2.05, 4.69) is 25.3 Å². The minimum atomic E-state index is -0.261. The van der Waals surface area contributed by atoms with E-state index >= 15 is 0 Å². The minimum Gasteiger partial charge on any atom is -0.494 e. The Hall–Kier alpha value is -3.74. The highest BCUT2D eigenvalue weighted by molar-refractivity contribution is 5.87. The second-order valence-electron chi connectivity index (χ2n) is 6.46. The lowest BCUT2D eigenvalue weighted by Crippen LogP contribution is -2.12. The number of fused-ring (bicyclic) bond motifs is 1. The molecule has 0 radical (unpaired) electrons. The molecule has 2 N–H and O–H groups in total. The van der Waals surface area contributed by atoms with Crippen molar-refractivity contribution in [3.63, 3.8) is 0 Å². The van der Waals surface area contributed by atoms with Gasteiger partial charge in [-0.1, -0.05) is 42.0 Å². The van der Waals surface area contributed by atoms with Gasteiger partial charge in [-0.15, -0.1) is 0 Å². The lowest BCUT2D eigenvalue weighted by atomic mass is 10.1. The van der Waals surface area contributed by atoms with Crippen LogP contribution in [0.3, 0.4) is 0 Å². The summed E-state index contributed by atoms with van der Waals surface area (Å²) in [6, 6.07) is 15.0. The Balaban J connectivity index is 1.75. The Morgan fingerprint density at radius 2 is 1.79 bits per heavy atom. The molecule has 2 aromatic heterocycles. The van der Waals surface area contributed by atoms with Crippen molar-refractivity contribution in [3.05, 3.63) is 70.1 Å². The van der Waals surface area contributed by atoms with Gasteiger partial charge in [-0.3, -0.25) is 15.1 Å². The summed E-state index contributed by atoms with van der Waals surface area (Å²) >= 11 is 0. The highest BCUT2D eigenvalue weighted by Crippen LogP contribution is 2.27. The minimum absolute atomic E-state index is 0.261. The van der Waals surface area contributed by atoms with Gasteiger partial charge in [-0.2, -0.15) is 0 Å². The Morgan fingerprint density at radius 3 is 2.54 bits per heavy atom. The average molecular weight is 373 g/mol. The molecule has 0 aliphatic heterocycles. The van der Waals surface area contributed by atoms with Crippen molar-refractivity contribution in [2.24, 2.45) is 0 Å². The Bertz CT molecular complexity index is 1220. The van der Waals surface area contributed by atoms with Gasteiger partial charge in [-0.05, 0) is 19.9 Å². The van der Waals surface area contributed by atoms with Crippen LogP contribution >= 0.6 is 0 Å². The highest BCUT2D eigenvalue weighted by Gasteiger charge is 2.11. The maximum atomic E-state index is 12.1. The molecule has 2 heterocycles. The smallest absolute Gasteiger partial charge is 0.252 e. The Kier molecular flexibility index (Phi) is 4.49.